The number of halogens is 1. The van der Waals surface area contributed by atoms with Crippen LogP contribution in [0, 0.1) is 15.9 Å². The molecule has 0 unspecified atom stereocenters. The summed E-state index contributed by atoms with van der Waals surface area (Å²) in [6.07, 6.45) is 2.47. The van der Waals surface area contributed by atoms with E-state index < -0.39 is 10.7 Å². The Bertz CT molecular complexity index is 684. The van der Waals surface area contributed by atoms with Crippen molar-refractivity contribution in [3.05, 3.63) is 69.5 Å². The van der Waals surface area contributed by atoms with E-state index in [4.69, 9.17) is 0 Å². The minimum absolute atomic E-state index is 0.120. The zero-order valence-electron chi connectivity index (χ0n) is 11.4. The lowest BCUT2D eigenvalue weighted by molar-refractivity contribution is -0.384. The molecule has 4 nitrogen and oxygen atoms in total. The van der Waals surface area contributed by atoms with E-state index in [1.807, 2.05) is 12.1 Å². The number of anilines is 1. The SMILES string of the molecule is O=[N+]([O-])c1ccc(F)c(NCc2cccc(C3CC3)c2)c1. The number of nitrogens with zero attached hydrogens (tertiary/aromatic N) is 1. The molecule has 0 spiro atoms. The van der Waals surface area contributed by atoms with E-state index in [-0.39, 0.29) is 11.4 Å². The van der Waals surface area contributed by atoms with Gasteiger partial charge in [-0.1, -0.05) is 24.3 Å². The van der Waals surface area contributed by atoms with Crippen molar-refractivity contribution in [3.63, 3.8) is 0 Å². The molecular formula is C16H15FN2O2. The lowest BCUT2D eigenvalue weighted by Crippen LogP contribution is -2.02. The van der Waals surface area contributed by atoms with Crippen LogP contribution in [0.25, 0.3) is 0 Å². The maximum atomic E-state index is 13.7. The summed E-state index contributed by atoms with van der Waals surface area (Å²) in [4.78, 5) is 10.2. The number of hydrogen-bond acceptors (Lipinski definition) is 3. The first kappa shape index (κ1) is 13.5. The van der Waals surface area contributed by atoms with Gasteiger partial charge in [-0.3, -0.25) is 10.1 Å². The Kier molecular flexibility index (Phi) is 3.56. The molecule has 0 radical (unpaired) electrons. The maximum Gasteiger partial charge on any atom is 0.271 e. The molecule has 0 saturated heterocycles. The summed E-state index contributed by atoms with van der Waals surface area (Å²) in [5, 5.41) is 13.7. The highest BCUT2D eigenvalue weighted by atomic mass is 19.1. The molecule has 0 aliphatic heterocycles. The standard InChI is InChI=1S/C16H15FN2O2/c17-15-7-6-14(19(20)21)9-16(15)18-10-11-2-1-3-13(8-11)12-4-5-12/h1-3,6-9,12,18H,4-5,10H2. The first-order chi connectivity index (χ1) is 10.1. The Balaban J connectivity index is 1.73. The lowest BCUT2D eigenvalue weighted by atomic mass is 10.1. The van der Waals surface area contributed by atoms with Crippen LogP contribution in [-0.4, -0.2) is 4.92 Å². The van der Waals surface area contributed by atoms with E-state index in [0.29, 0.717) is 12.5 Å². The number of nitrogens with one attached hydrogen (secondary N) is 1. The molecule has 0 bridgehead atoms. The van der Waals surface area contributed by atoms with Gasteiger partial charge in [-0.15, -0.1) is 0 Å². The summed E-state index contributed by atoms with van der Waals surface area (Å²) in [5.74, 6) is 0.179. The molecule has 0 amide bonds. The first-order valence-corrected chi connectivity index (χ1v) is 6.90. The van der Waals surface area contributed by atoms with Crippen LogP contribution >= 0.6 is 0 Å². The third-order valence-corrected chi connectivity index (χ3v) is 3.64. The monoisotopic (exact) mass is 286 g/mol. The van der Waals surface area contributed by atoms with Crippen LogP contribution in [-0.2, 0) is 6.54 Å². The summed E-state index contributed by atoms with van der Waals surface area (Å²) < 4.78 is 13.7. The van der Waals surface area contributed by atoms with Crippen LogP contribution in [0.1, 0.15) is 29.9 Å². The van der Waals surface area contributed by atoms with Crippen LogP contribution < -0.4 is 5.32 Å². The van der Waals surface area contributed by atoms with Crippen LogP contribution in [0.3, 0.4) is 0 Å². The van der Waals surface area contributed by atoms with Crippen LogP contribution in [0.5, 0.6) is 0 Å². The lowest BCUT2D eigenvalue weighted by Gasteiger charge is -2.09. The largest absolute Gasteiger partial charge is 0.378 e. The predicted molar refractivity (Wildman–Crippen MR) is 78.8 cm³/mol. The van der Waals surface area contributed by atoms with Crippen molar-refractivity contribution in [2.45, 2.75) is 25.3 Å². The molecule has 1 saturated carbocycles. The van der Waals surface area contributed by atoms with Crippen molar-refractivity contribution in [3.8, 4) is 0 Å². The average Bonchev–Trinajstić information content (AvgIpc) is 3.31. The van der Waals surface area contributed by atoms with Crippen molar-refractivity contribution in [2.24, 2.45) is 0 Å². The summed E-state index contributed by atoms with van der Waals surface area (Å²) in [6, 6.07) is 11.7. The van der Waals surface area contributed by atoms with Gasteiger partial charge in [0.25, 0.3) is 5.69 Å². The highest BCUT2D eigenvalue weighted by Crippen LogP contribution is 2.40. The Hall–Kier alpha value is -2.43. The number of rotatable bonds is 5. The third kappa shape index (κ3) is 3.18. The van der Waals surface area contributed by atoms with E-state index in [1.54, 1.807) is 0 Å². The second-order valence-corrected chi connectivity index (χ2v) is 5.29. The molecule has 1 fully saturated rings. The second-order valence-electron chi connectivity index (χ2n) is 5.29. The fourth-order valence-corrected chi connectivity index (χ4v) is 2.33. The van der Waals surface area contributed by atoms with E-state index in [9.17, 15) is 14.5 Å². The molecule has 0 heterocycles. The van der Waals surface area contributed by atoms with E-state index in [2.05, 4.69) is 17.4 Å². The van der Waals surface area contributed by atoms with Crippen LogP contribution in [0.15, 0.2) is 42.5 Å². The van der Waals surface area contributed by atoms with Crippen molar-refractivity contribution < 1.29 is 9.31 Å². The zero-order chi connectivity index (χ0) is 14.8. The first-order valence-electron chi connectivity index (χ1n) is 6.90. The number of benzene rings is 2. The number of nitro groups is 1. The second kappa shape index (κ2) is 5.52. The van der Waals surface area contributed by atoms with Gasteiger partial charge in [-0.2, -0.15) is 0 Å². The molecule has 5 heteroatoms. The highest BCUT2D eigenvalue weighted by Gasteiger charge is 2.23. The van der Waals surface area contributed by atoms with Crippen molar-refractivity contribution in [1.82, 2.24) is 0 Å². The number of non-ortho nitro benzene ring substituents is 1. The molecule has 108 valence electrons. The molecule has 0 aromatic heterocycles. The van der Waals surface area contributed by atoms with Gasteiger partial charge in [-0.05, 0) is 36.0 Å². The Labute approximate surface area is 121 Å². The van der Waals surface area contributed by atoms with Crippen LogP contribution in [0.4, 0.5) is 15.8 Å². The molecule has 21 heavy (non-hydrogen) atoms. The summed E-state index contributed by atoms with van der Waals surface area (Å²) in [5.41, 5.74) is 2.39. The quantitative estimate of drug-likeness (QED) is 0.661. The number of hydrogen-bond donors (Lipinski definition) is 1. The number of nitro benzene ring substituents is 1. The molecule has 2 aromatic carbocycles. The van der Waals surface area contributed by atoms with E-state index in [0.717, 1.165) is 17.7 Å². The average molecular weight is 286 g/mol. The van der Waals surface area contributed by atoms with Gasteiger partial charge in [0, 0.05) is 18.7 Å². The van der Waals surface area contributed by atoms with Crippen LogP contribution in [0.2, 0.25) is 0 Å². The predicted octanol–water partition coefficient (Wildman–Crippen LogP) is 4.22. The normalized spacial score (nSPS) is 14.0. The van der Waals surface area contributed by atoms with Crippen molar-refractivity contribution in [1.29, 1.82) is 0 Å². The van der Waals surface area contributed by atoms with Gasteiger partial charge >= 0.3 is 0 Å². The van der Waals surface area contributed by atoms with Gasteiger partial charge in [0.15, 0.2) is 0 Å². The summed E-state index contributed by atoms with van der Waals surface area (Å²) in [6.45, 7) is 0.443. The van der Waals surface area contributed by atoms with Gasteiger partial charge in [0.05, 0.1) is 10.6 Å². The topological polar surface area (TPSA) is 55.2 Å². The molecular weight excluding hydrogens is 271 g/mol. The Morgan fingerprint density at radius 3 is 2.76 bits per heavy atom. The third-order valence-electron chi connectivity index (χ3n) is 3.64. The minimum Gasteiger partial charge on any atom is -0.378 e. The highest BCUT2D eigenvalue weighted by molar-refractivity contribution is 5.52. The van der Waals surface area contributed by atoms with Crippen molar-refractivity contribution in [2.75, 3.05) is 5.32 Å². The fraction of sp³-hybridized carbons (Fsp3) is 0.250. The maximum absolute atomic E-state index is 13.7. The van der Waals surface area contributed by atoms with Crippen molar-refractivity contribution >= 4 is 11.4 Å². The molecule has 3 rings (SSSR count). The summed E-state index contributed by atoms with van der Waals surface area (Å²) in [7, 11) is 0. The smallest absolute Gasteiger partial charge is 0.271 e. The molecule has 0 atom stereocenters. The Morgan fingerprint density at radius 2 is 2.05 bits per heavy atom. The fourth-order valence-electron chi connectivity index (χ4n) is 2.33. The molecule has 2 aromatic rings. The summed E-state index contributed by atoms with van der Waals surface area (Å²) >= 11 is 0. The van der Waals surface area contributed by atoms with Gasteiger partial charge in [0.1, 0.15) is 5.82 Å². The molecule has 1 aliphatic rings. The van der Waals surface area contributed by atoms with E-state index in [1.165, 1.54) is 24.5 Å². The minimum atomic E-state index is -0.529. The van der Waals surface area contributed by atoms with Gasteiger partial charge in [-0.25, -0.2) is 4.39 Å². The van der Waals surface area contributed by atoms with Gasteiger partial charge in [0.2, 0.25) is 0 Å². The van der Waals surface area contributed by atoms with E-state index >= 15 is 0 Å². The molecule has 1 N–H and O–H groups in total. The Morgan fingerprint density at radius 1 is 1.24 bits per heavy atom. The van der Waals surface area contributed by atoms with Gasteiger partial charge < -0.3 is 5.32 Å². The molecule has 1 aliphatic carbocycles. The zero-order valence-corrected chi connectivity index (χ0v) is 11.4.